The lowest BCUT2D eigenvalue weighted by Crippen LogP contribution is -2.39. The molecule has 0 saturated heterocycles. The normalized spacial score (nSPS) is 11.3. The van der Waals surface area contributed by atoms with Crippen LogP contribution in [0.4, 0.5) is 11.5 Å². The van der Waals surface area contributed by atoms with Crippen molar-refractivity contribution in [2.45, 2.75) is 13.8 Å². The highest BCUT2D eigenvalue weighted by molar-refractivity contribution is 5.91. The Balaban J connectivity index is 2.24. The molecule has 0 atom stereocenters. The van der Waals surface area contributed by atoms with Crippen molar-refractivity contribution in [1.82, 2.24) is 15.3 Å². The lowest BCUT2D eigenvalue weighted by atomic mass is 9.92. The summed E-state index contributed by atoms with van der Waals surface area (Å²) in [6.07, 6.45) is 1.48. The van der Waals surface area contributed by atoms with Crippen LogP contribution in [0.1, 0.15) is 13.8 Å². The molecule has 0 aliphatic rings. The van der Waals surface area contributed by atoms with Crippen molar-refractivity contribution < 1.29 is 4.79 Å². The van der Waals surface area contributed by atoms with Gasteiger partial charge in [0.2, 0.25) is 5.91 Å². The van der Waals surface area contributed by atoms with Gasteiger partial charge in [0.1, 0.15) is 12.1 Å². The van der Waals surface area contributed by atoms with E-state index in [0.29, 0.717) is 18.1 Å². The Kier molecular flexibility index (Phi) is 3.74. The Labute approximate surface area is 117 Å². The fourth-order valence-corrected chi connectivity index (χ4v) is 1.94. The number of carbonyl (C=O) groups is 1. The van der Waals surface area contributed by atoms with Gasteiger partial charge in [-0.05, 0) is 32.0 Å². The molecule has 106 valence electrons. The third kappa shape index (κ3) is 2.79. The third-order valence-corrected chi connectivity index (χ3v) is 3.20. The molecule has 0 fully saturated rings. The molecule has 0 saturated carbocycles. The maximum Gasteiger partial charge on any atom is 0.227 e. The quantitative estimate of drug-likeness (QED) is 0.732. The van der Waals surface area contributed by atoms with Gasteiger partial charge in [0.25, 0.3) is 0 Å². The maximum absolute atomic E-state index is 11.8. The van der Waals surface area contributed by atoms with Crippen molar-refractivity contribution in [3.05, 3.63) is 24.5 Å². The van der Waals surface area contributed by atoms with Crippen molar-refractivity contribution in [1.29, 1.82) is 0 Å². The smallest absolute Gasteiger partial charge is 0.227 e. The highest BCUT2D eigenvalue weighted by atomic mass is 16.2. The zero-order valence-corrected chi connectivity index (χ0v) is 11.9. The van der Waals surface area contributed by atoms with Crippen LogP contribution in [0.3, 0.4) is 0 Å². The number of nitrogens with two attached hydrogens (primary N) is 1. The molecule has 0 unspecified atom stereocenters. The Morgan fingerprint density at radius 1 is 1.35 bits per heavy atom. The number of hydrogen-bond acceptors (Lipinski definition) is 5. The average Bonchev–Trinajstić information content (AvgIpc) is 2.43. The van der Waals surface area contributed by atoms with E-state index in [-0.39, 0.29) is 5.91 Å². The molecule has 0 aliphatic heterocycles. The molecule has 1 aromatic carbocycles. The van der Waals surface area contributed by atoms with E-state index in [0.717, 1.165) is 10.9 Å². The Bertz CT molecular complexity index is 638. The monoisotopic (exact) mass is 273 g/mol. The molecule has 2 rings (SSSR count). The summed E-state index contributed by atoms with van der Waals surface area (Å²) in [6, 6.07) is 5.48. The molecule has 0 radical (unpaired) electrons. The molecule has 20 heavy (non-hydrogen) atoms. The molecule has 1 heterocycles. The van der Waals surface area contributed by atoms with Gasteiger partial charge < -0.3 is 16.4 Å². The van der Waals surface area contributed by atoms with E-state index >= 15 is 0 Å². The summed E-state index contributed by atoms with van der Waals surface area (Å²) < 4.78 is 0. The van der Waals surface area contributed by atoms with Crippen LogP contribution in [0.5, 0.6) is 0 Å². The van der Waals surface area contributed by atoms with Crippen molar-refractivity contribution >= 4 is 28.3 Å². The third-order valence-electron chi connectivity index (χ3n) is 3.20. The number of nitrogens with one attached hydrogen (secondary N) is 2. The second-order valence-electron chi connectivity index (χ2n) is 5.32. The molecular weight excluding hydrogens is 254 g/mol. The standard InChI is InChI=1S/C14H19N5O/c1-14(2,13(20)16-3)7-17-12-10-5-4-9(15)6-11(10)18-8-19-12/h4-6,8H,7,15H2,1-3H3,(H,16,20)(H,17,18,19). The van der Waals surface area contributed by atoms with Crippen LogP contribution in [0.2, 0.25) is 0 Å². The van der Waals surface area contributed by atoms with E-state index in [9.17, 15) is 4.79 Å². The number of nitrogens with zero attached hydrogens (tertiary/aromatic N) is 2. The fourth-order valence-electron chi connectivity index (χ4n) is 1.94. The van der Waals surface area contributed by atoms with Crippen LogP contribution >= 0.6 is 0 Å². The van der Waals surface area contributed by atoms with Crippen molar-refractivity contribution in [2.75, 3.05) is 24.6 Å². The lowest BCUT2D eigenvalue weighted by Gasteiger charge is -2.23. The number of rotatable bonds is 4. The molecule has 6 heteroatoms. The van der Waals surface area contributed by atoms with Crippen LogP contribution in [0, 0.1) is 5.41 Å². The second-order valence-corrected chi connectivity index (χ2v) is 5.32. The van der Waals surface area contributed by atoms with Crippen molar-refractivity contribution in [2.24, 2.45) is 5.41 Å². The van der Waals surface area contributed by atoms with E-state index in [1.54, 1.807) is 19.2 Å². The van der Waals surface area contributed by atoms with Gasteiger partial charge in [-0.1, -0.05) is 0 Å². The summed E-state index contributed by atoms with van der Waals surface area (Å²) in [7, 11) is 1.63. The number of anilines is 2. The molecule has 0 aliphatic carbocycles. The van der Waals surface area contributed by atoms with E-state index < -0.39 is 5.41 Å². The molecule has 4 N–H and O–H groups in total. The predicted octanol–water partition coefficient (Wildman–Crippen LogP) is 1.40. The first-order valence-corrected chi connectivity index (χ1v) is 6.40. The second kappa shape index (κ2) is 5.32. The van der Waals surface area contributed by atoms with Gasteiger partial charge >= 0.3 is 0 Å². The van der Waals surface area contributed by atoms with E-state index in [1.165, 1.54) is 6.33 Å². The SMILES string of the molecule is CNC(=O)C(C)(C)CNc1ncnc2cc(N)ccc12. The molecule has 0 bridgehead atoms. The van der Waals surface area contributed by atoms with E-state index in [2.05, 4.69) is 20.6 Å². The van der Waals surface area contributed by atoms with Gasteiger partial charge in [-0.15, -0.1) is 0 Å². The minimum atomic E-state index is -0.528. The average molecular weight is 273 g/mol. The molecular formula is C14H19N5O. The number of carbonyl (C=O) groups excluding carboxylic acids is 1. The van der Waals surface area contributed by atoms with Gasteiger partial charge in [0.05, 0.1) is 10.9 Å². The van der Waals surface area contributed by atoms with Crippen LogP contribution in [-0.4, -0.2) is 29.5 Å². The van der Waals surface area contributed by atoms with Crippen LogP contribution in [0.25, 0.3) is 10.9 Å². The fraction of sp³-hybridized carbons (Fsp3) is 0.357. The maximum atomic E-state index is 11.8. The number of aromatic nitrogens is 2. The van der Waals surface area contributed by atoms with Crippen molar-refractivity contribution in [3.8, 4) is 0 Å². The lowest BCUT2D eigenvalue weighted by molar-refractivity contribution is -0.128. The molecule has 6 nitrogen and oxygen atoms in total. The van der Waals surface area contributed by atoms with Crippen molar-refractivity contribution in [3.63, 3.8) is 0 Å². The van der Waals surface area contributed by atoms with Gasteiger partial charge in [0, 0.05) is 24.7 Å². The van der Waals surface area contributed by atoms with Crippen LogP contribution in [0.15, 0.2) is 24.5 Å². The van der Waals surface area contributed by atoms with Crippen LogP contribution < -0.4 is 16.4 Å². The molecule has 2 aromatic rings. The highest BCUT2D eigenvalue weighted by Gasteiger charge is 2.26. The number of nitrogen functional groups attached to an aromatic ring is 1. The summed E-state index contributed by atoms with van der Waals surface area (Å²) in [6.45, 7) is 4.23. The number of amides is 1. The molecule has 1 amide bonds. The van der Waals surface area contributed by atoms with E-state index in [1.807, 2.05) is 19.9 Å². The Morgan fingerprint density at radius 2 is 2.10 bits per heavy atom. The van der Waals surface area contributed by atoms with Gasteiger partial charge in [-0.25, -0.2) is 9.97 Å². The zero-order chi connectivity index (χ0) is 14.8. The van der Waals surface area contributed by atoms with Gasteiger partial charge in [0.15, 0.2) is 0 Å². The first-order valence-electron chi connectivity index (χ1n) is 6.40. The summed E-state index contributed by atoms with van der Waals surface area (Å²) in [5.74, 6) is 0.680. The van der Waals surface area contributed by atoms with Crippen LogP contribution in [-0.2, 0) is 4.79 Å². The highest BCUT2D eigenvalue weighted by Crippen LogP contribution is 2.23. The number of hydrogen-bond donors (Lipinski definition) is 3. The minimum absolute atomic E-state index is 0.0207. The Morgan fingerprint density at radius 3 is 2.80 bits per heavy atom. The van der Waals surface area contributed by atoms with E-state index in [4.69, 9.17) is 5.73 Å². The van der Waals surface area contributed by atoms with Gasteiger partial charge in [-0.3, -0.25) is 4.79 Å². The first-order chi connectivity index (χ1) is 9.44. The summed E-state index contributed by atoms with van der Waals surface area (Å²) >= 11 is 0. The zero-order valence-electron chi connectivity index (χ0n) is 11.9. The first kappa shape index (κ1) is 14.0. The molecule has 0 spiro atoms. The number of benzene rings is 1. The number of fused-ring (bicyclic) bond motifs is 1. The molecule has 1 aromatic heterocycles. The summed E-state index contributed by atoms with van der Waals surface area (Å²) in [5, 5.41) is 6.75. The largest absolute Gasteiger partial charge is 0.399 e. The Hall–Kier alpha value is -2.37. The predicted molar refractivity (Wildman–Crippen MR) is 80.3 cm³/mol. The summed E-state index contributed by atoms with van der Waals surface area (Å²) in [4.78, 5) is 20.2. The topological polar surface area (TPSA) is 92.9 Å². The minimum Gasteiger partial charge on any atom is -0.399 e. The summed E-state index contributed by atoms with van der Waals surface area (Å²) in [5.41, 5.74) is 6.65. The van der Waals surface area contributed by atoms with Gasteiger partial charge in [-0.2, -0.15) is 0 Å².